The number of hydrogen-bond donors (Lipinski definition) is 1. The van der Waals surface area contributed by atoms with Crippen molar-refractivity contribution >= 4 is 27.5 Å². The van der Waals surface area contributed by atoms with Crippen molar-refractivity contribution in [2.24, 2.45) is 0 Å². The Bertz CT molecular complexity index is 585. The predicted octanol–water partition coefficient (Wildman–Crippen LogP) is 4.93. The highest BCUT2D eigenvalue weighted by molar-refractivity contribution is 9.10. The Kier molecular flexibility index (Phi) is 6.30. The lowest BCUT2D eigenvalue weighted by molar-refractivity contribution is 0.162. The summed E-state index contributed by atoms with van der Waals surface area (Å²) in [4.78, 5) is 0. The monoisotopic (exact) mass is 371 g/mol. The molecule has 0 spiro atoms. The van der Waals surface area contributed by atoms with Crippen molar-refractivity contribution in [1.29, 1.82) is 0 Å². The maximum Gasteiger partial charge on any atom is 0.129 e. The maximum atomic E-state index is 6.07. The molecule has 2 aromatic rings. The van der Waals surface area contributed by atoms with E-state index in [0.717, 1.165) is 34.5 Å². The zero-order valence-corrected chi connectivity index (χ0v) is 14.5. The van der Waals surface area contributed by atoms with E-state index in [1.807, 2.05) is 30.3 Å². The molecule has 1 aromatic carbocycles. The van der Waals surface area contributed by atoms with Gasteiger partial charge in [-0.3, -0.25) is 0 Å². The van der Waals surface area contributed by atoms with Crippen LogP contribution in [0.3, 0.4) is 0 Å². The van der Waals surface area contributed by atoms with Crippen LogP contribution in [-0.2, 0) is 11.3 Å². The van der Waals surface area contributed by atoms with E-state index < -0.39 is 0 Å². The second kappa shape index (κ2) is 7.99. The molecule has 1 unspecified atom stereocenters. The molecule has 0 aliphatic rings. The van der Waals surface area contributed by atoms with Crippen molar-refractivity contribution in [2.75, 3.05) is 13.7 Å². The molecule has 0 radical (unpaired) electrons. The molecule has 0 fully saturated rings. The number of halogens is 2. The number of hydrogen-bond acceptors (Lipinski definition) is 3. The Balaban J connectivity index is 2.29. The van der Waals surface area contributed by atoms with Gasteiger partial charge in [-0.1, -0.05) is 24.6 Å². The molecular weight excluding hydrogens is 354 g/mol. The molecule has 2 rings (SSSR count). The summed E-state index contributed by atoms with van der Waals surface area (Å²) in [7, 11) is 1.66. The lowest BCUT2D eigenvalue weighted by Gasteiger charge is -2.17. The largest absolute Gasteiger partial charge is 0.462 e. The predicted molar refractivity (Wildman–Crippen MR) is 88.7 cm³/mol. The molecule has 5 heteroatoms. The average molecular weight is 373 g/mol. The molecule has 114 valence electrons. The molecule has 1 atom stereocenters. The van der Waals surface area contributed by atoms with E-state index in [-0.39, 0.29) is 6.04 Å². The molecule has 0 aliphatic heterocycles. The zero-order valence-electron chi connectivity index (χ0n) is 12.2. The molecular formula is C16H19BrClNO2. The van der Waals surface area contributed by atoms with Crippen LogP contribution >= 0.6 is 27.5 Å². The van der Waals surface area contributed by atoms with Gasteiger partial charge in [-0.25, -0.2) is 0 Å². The average Bonchev–Trinajstić information content (AvgIpc) is 2.92. The summed E-state index contributed by atoms with van der Waals surface area (Å²) in [5.74, 6) is 1.70. The molecule has 0 saturated heterocycles. The van der Waals surface area contributed by atoms with Crippen LogP contribution < -0.4 is 5.32 Å². The van der Waals surface area contributed by atoms with Crippen LogP contribution in [-0.4, -0.2) is 13.7 Å². The quantitative estimate of drug-likeness (QED) is 0.748. The van der Waals surface area contributed by atoms with Crippen LogP contribution in [0.4, 0.5) is 0 Å². The first kappa shape index (κ1) is 16.6. The van der Waals surface area contributed by atoms with E-state index in [4.69, 9.17) is 20.8 Å². The van der Waals surface area contributed by atoms with Gasteiger partial charge in [0, 0.05) is 11.6 Å². The highest BCUT2D eigenvalue weighted by Crippen LogP contribution is 2.30. The van der Waals surface area contributed by atoms with Gasteiger partial charge in [-0.15, -0.1) is 0 Å². The van der Waals surface area contributed by atoms with Crippen molar-refractivity contribution in [1.82, 2.24) is 5.32 Å². The number of furan rings is 1. The van der Waals surface area contributed by atoms with Crippen LogP contribution in [0.2, 0.25) is 5.02 Å². The summed E-state index contributed by atoms with van der Waals surface area (Å²) < 4.78 is 11.9. The fourth-order valence-corrected chi connectivity index (χ4v) is 2.65. The highest BCUT2D eigenvalue weighted by Gasteiger charge is 2.18. The number of rotatable bonds is 7. The van der Waals surface area contributed by atoms with E-state index in [1.165, 1.54) is 0 Å². The first-order chi connectivity index (χ1) is 10.2. The standard InChI is InChI=1S/C16H19BrClNO2/c1-3-8-19-16(11-4-6-14(18)13(17)9-11)15-7-5-12(21-15)10-20-2/h4-7,9,16,19H,3,8,10H2,1-2H3. The summed E-state index contributed by atoms with van der Waals surface area (Å²) in [5.41, 5.74) is 1.11. The van der Waals surface area contributed by atoms with Gasteiger partial charge in [0.1, 0.15) is 18.1 Å². The molecule has 0 bridgehead atoms. The summed E-state index contributed by atoms with van der Waals surface area (Å²) in [6.07, 6.45) is 1.05. The highest BCUT2D eigenvalue weighted by atomic mass is 79.9. The van der Waals surface area contributed by atoms with E-state index in [1.54, 1.807) is 7.11 Å². The lowest BCUT2D eigenvalue weighted by atomic mass is 10.0. The Hall–Kier alpha value is -0.810. The minimum atomic E-state index is 0.00382. The molecule has 21 heavy (non-hydrogen) atoms. The Labute approximate surface area is 138 Å². The summed E-state index contributed by atoms with van der Waals surface area (Å²) in [6, 6.07) is 9.87. The SMILES string of the molecule is CCCNC(c1ccc(Cl)c(Br)c1)c1ccc(COC)o1. The summed E-state index contributed by atoms with van der Waals surface area (Å²) in [5, 5.41) is 4.21. The van der Waals surface area contributed by atoms with Crippen molar-refractivity contribution in [3.05, 3.63) is 56.9 Å². The number of methoxy groups -OCH3 is 1. The fraction of sp³-hybridized carbons (Fsp3) is 0.375. The summed E-state index contributed by atoms with van der Waals surface area (Å²) >= 11 is 9.55. The molecule has 1 aromatic heterocycles. The van der Waals surface area contributed by atoms with Crippen molar-refractivity contribution in [3.63, 3.8) is 0 Å². The van der Waals surface area contributed by atoms with Crippen LogP contribution in [0.25, 0.3) is 0 Å². The van der Waals surface area contributed by atoms with Gasteiger partial charge in [0.15, 0.2) is 0 Å². The van der Waals surface area contributed by atoms with Crippen molar-refractivity contribution < 1.29 is 9.15 Å². The van der Waals surface area contributed by atoms with Crippen LogP contribution in [0, 0.1) is 0 Å². The first-order valence-corrected chi connectivity index (χ1v) is 8.08. The molecule has 3 nitrogen and oxygen atoms in total. The number of ether oxygens (including phenoxy) is 1. The van der Waals surface area contributed by atoms with E-state index in [2.05, 4.69) is 28.2 Å². The topological polar surface area (TPSA) is 34.4 Å². The van der Waals surface area contributed by atoms with Gasteiger partial charge in [0.25, 0.3) is 0 Å². The smallest absolute Gasteiger partial charge is 0.129 e. The van der Waals surface area contributed by atoms with Gasteiger partial charge in [0.2, 0.25) is 0 Å². The first-order valence-electron chi connectivity index (χ1n) is 6.91. The van der Waals surface area contributed by atoms with Crippen molar-refractivity contribution in [2.45, 2.75) is 26.0 Å². The lowest BCUT2D eigenvalue weighted by Crippen LogP contribution is -2.22. The summed E-state index contributed by atoms with van der Waals surface area (Å²) in [6.45, 7) is 3.52. The Morgan fingerprint density at radius 1 is 1.33 bits per heavy atom. The van der Waals surface area contributed by atoms with Gasteiger partial charge in [0.05, 0.1) is 11.1 Å². The van der Waals surface area contributed by atoms with Gasteiger partial charge >= 0.3 is 0 Å². The molecule has 0 saturated carbocycles. The second-order valence-corrected chi connectivity index (χ2v) is 6.06. The fourth-order valence-electron chi connectivity index (χ4n) is 2.13. The van der Waals surface area contributed by atoms with Crippen LogP contribution in [0.15, 0.2) is 39.2 Å². The molecule has 0 amide bonds. The van der Waals surface area contributed by atoms with Gasteiger partial charge in [-0.2, -0.15) is 0 Å². The number of nitrogens with one attached hydrogen (secondary N) is 1. The van der Waals surface area contributed by atoms with E-state index in [0.29, 0.717) is 11.6 Å². The van der Waals surface area contributed by atoms with Gasteiger partial charge < -0.3 is 14.5 Å². The zero-order chi connectivity index (χ0) is 15.2. The van der Waals surface area contributed by atoms with Crippen molar-refractivity contribution in [3.8, 4) is 0 Å². The third-order valence-electron chi connectivity index (χ3n) is 3.13. The molecule has 1 N–H and O–H groups in total. The minimum Gasteiger partial charge on any atom is -0.462 e. The minimum absolute atomic E-state index is 0.00382. The van der Waals surface area contributed by atoms with Gasteiger partial charge in [-0.05, 0) is 58.7 Å². The normalized spacial score (nSPS) is 12.6. The second-order valence-electron chi connectivity index (χ2n) is 4.80. The molecule has 0 aliphatic carbocycles. The molecule has 1 heterocycles. The van der Waals surface area contributed by atoms with Crippen LogP contribution in [0.1, 0.15) is 36.5 Å². The van der Waals surface area contributed by atoms with E-state index >= 15 is 0 Å². The third-order valence-corrected chi connectivity index (χ3v) is 4.34. The number of benzene rings is 1. The third kappa shape index (κ3) is 4.33. The van der Waals surface area contributed by atoms with Crippen LogP contribution in [0.5, 0.6) is 0 Å². The Morgan fingerprint density at radius 3 is 2.81 bits per heavy atom. The maximum absolute atomic E-state index is 6.07. The Morgan fingerprint density at radius 2 is 2.14 bits per heavy atom. The van der Waals surface area contributed by atoms with E-state index in [9.17, 15) is 0 Å².